The van der Waals surface area contributed by atoms with Gasteiger partial charge in [-0.15, -0.1) is 0 Å². The molecule has 0 amide bonds. The quantitative estimate of drug-likeness (QED) is 0.494. The van der Waals surface area contributed by atoms with Gasteiger partial charge in [0.05, 0.1) is 0 Å². The van der Waals surface area contributed by atoms with Crippen LogP contribution < -0.4 is 0 Å². The van der Waals surface area contributed by atoms with E-state index in [2.05, 4.69) is 39.0 Å². The Morgan fingerprint density at radius 3 is 2.22 bits per heavy atom. The van der Waals surface area contributed by atoms with Crippen LogP contribution in [0, 0.1) is 0 Å². The summed E-state index contributed by atoms with van der Waals surface area (Å²) in [6.45, 7) is 12.2. The molecular formula is C15H28O2Si. The van der Waals surface area contributed by atoms with Crippen LogP contribution in [-0.2, 0) is 0 Å². The molecule has 0 aromatic carbocycles. The maximum atomic E-state index is 11.4. The zero-order chi connectivity index (χ0) is 14.4. The molecule has 0 aliphatic rings. The minimum absolute atomic E-state index is 0.114. The van der Waals surface area contributed by atoms with Gasteiger partial charge in [-0.1, -0.05) is 50.7 Å². The molecule has 0 bridgehead atoms. The molecule has 0 heterocycles. The third kappa shape index (κ3) is 4.45. The van der Waals surface area contributed by atoms with E-state index < -0.39 is 13.7 Å². The van der Waals surface area contributed by atoms with E-state index in [1.54, 1.807) is 0 Å². The van der Waals surface area contributed by atoms with E-state index in [0.29, 0.717) is 0 Å². The normalized spacial score (nSPS) is 14.2. The van der Waals surface area contributed by atoms with E-state index in [1.165, 1.54) is 5.57 Å². The van der Waals surface area contributed by atoms with Gasteiger partial charge in [0, 0.05) is 0 Å². The van der Waals surface area contributed by atoms with Crippen molar-refractivity contribution in [3.63, 3.8) is 0 Å². The largest absolute Gasteiger partial charge is 0.486 e. The highest BCUT2D eigenvalue weighted by Crippen LogP contribution is 2.43. The minimum atomic E-state index is -2.28. The van der Waals surface area contributed by atoms with Crippen LogP contribution >= 0.6 is 0 Å². The molecule has 0 aromatic heterocycles. The van der Waals surface area contributed by atoms with Crippen molar-refractivity contribution in [1.82, 2.24) is 0 Å². The zero-order valence-electron chi connectivity index (χ0n) is 12.7. The van der Waals surface area contributed by atoms with E-state index in [1.807, 2.05) is 20.0 Å². The predicted molar refractivity (Wildman–Crippen MR) is 82.0 cm³/mol. The van der Waals surface area contributed by atoms with Crippen LogP contribution in [-0.4, -0.2) is 18.8 Å². The first-order chi connectivity index (χ1) is 8.19. The van der Waals surface area contributed by atoms with Gasteiger partial charge in [-0.05, 0) is 38.1 Å². The van der Waals surface area contributed by atoms with Gasteiger partial charge < -0.3 is 5.11 Å². The van der Waals surface area contributed by atoms with Crippen molar-refractivity contribution in [3.05, 3.63) is 23.8 Å². The minimum Gasteiger partial charge on any atom is -0.486 e. The molecule has 3 heteroatoms. The number of allylic oxidation sites excluding steroid dienone is 4. The monoisotopic (exact) mass is 268 g/mol. The highest BCUT2D eigenvalue weighted by atomic mass is 28.3. The number of hydrogen-bond acceptors (Lipinski definition) is 1. The van der Waals surface area contributed by atoms with E-state index in [9.17, 15) is 9.90 Å². The molecule has 1 N–H and O–H groups in total. The molecule has 0 radical (unpaired) electrons. The van der Waals surface area contributed by atoms with Crippen molar-refractivity contribution in [2.24, 2.45) is 0 Å². The third-order valence-corrected chi connectivity index (χ3v) is 8.80. The number of rotatable bonds is 7. The third-order valence-electron chi connectivity index (χ3n) is 4.17. The molecule has 0 atom stereocenters. The second-order valence-electron chi connectivity index (χ2n) is 6.05. The maximum Gasteiger partial charge on any atom is 0.269 e. The van der Waals surface area contributed by atoms with Gasteiger partial charge in [0.1, 0.15) is 0 Å². The van der Waals surface area contributed by atoms with Crippen LogP contribution in [0.1, 0.15) is 47.0 Å². The SMILES string of the molecule is CC=CCCC(=CC)CC(C)(C)[Si](C)(C)C(=O)O. The fourth-order valence-electron chi connectivity index (χ4n) is 1.85. The lowest BCUT2D eigenvalue weighted by Crippen LogP contribution is -2.46. The lowest BCUT2D eigenvalue weighted by atomic mass is 9.98. The highest BCUT2D eigenvalue weighted by molar-refractivity contribution is 7.04. The van der Waals surface area contributed by atoms with Crippen LogP contribution in [0.15, 0.2) is 23.8 Å². The van der Waals surface area contributed by atoms with Gasteiger partial charge in [-0.3, -0.25) is 4.79 Å². The van der Waals surface area contributed by atoms with Crippen LogP contribution in [0.25, 0.3) is 0 Å². The standard InChI is InChI=1S/C15H28O2Si/c1-7-9-10-11-13(8-2)12-15(3,4)18(5,6)14(16)17/h7-9H,10-12H2,1-6H3,(H,16,17). The Kier molecular flexibility index (Phi) is 6.61. The fourth-order valence-corrected chi connectivity index (χ4v) is 3.10. The van der Waals surface area contributed by atoms with Gasteiger partial charge in [-0.25, -0.2) is 0 Å². The lowest BCUT2D eigenvalue weighted by molar-refractivity contribution is 0.216. The van der Waals surface area contributed by atoms with Gasteiger partial charge in [-0.2, -0.15) is 0 Å². The Morgan fingerprint density at radius 2 is 1.83 bits per heavy atom. The smallest absolute Gasteiger partial charge is 0.269 e. The molecule has 0 aliphatic heterocycles. The summed E-state index contributed by atoms with van der Waals surface area (Å²) in [7, 11) is -2.28. The summed E-state index contributed by atoms with van der Waals surface area (Å²) in [5.41, 5.74) is 0.788. The van der Waals surface area contributed by atoms with Gasteiger partial charge >= 0.3 is 0 Å². The van der Waals surface area contributed by atoms with Gasteiger partial charge in [0.25, 0.3) is 5.59 Å². The Balaban J connectivity index is 4.78. The second-order valence-corrected chi connectivity index (χ2v) is 11.1. The molecule has 0 fully saturated rings. The van der Waals surface area contributed by atoms with E-state index >= 15 is 0 Å². The first-order valence-corrected chi connectivity index (χ1v) is 9.67. The van der Waals surface area contributed by atoms with Gasteiger partial charge in [0.15, 0.2) is 8.07 Å². The topological polar surface area (TPSA) is 37.3 Å². The van der Waals surface area contributed by atoms with Crippen molar-refractivity contribution in [3.8, 4) is 0 Å². The molecule has 0 aliphatic carbocycles. The Labute approximate surface area is 113 Å². The summed E-state index contributed by atoms with van der Waals surface area (Å²) in [5, 5.41) is 9.29. The average molecular weight is 268 g/mol. The van der Waals surface area contributed by atoms with Crippen LogP contribution in [0.4, 0.5) is 4.79 Å². The summed E-state index contributed by atoms with van der Waals surface area (Å²) in [5.74, 6) is 0. The molecule has 0 spiro atoms. The predicted octanol–water partition coefficient (Wildman–Crippen LogP) is 5.43. The molecule has 104 valence electrons. The molecule has 18 heavy (non-hydrogen) atoms. The molecule has 0 saturated heterocycles. The average Bonchev–Trinajstić information content (AvgIpc) is 2.27. The van der Waals surface area contributed by atoms with Crippen molar-refractivity contribution >= 4 is 13.7 Å². The molecular weight excluding hydrogens is 240 g/mol. The van der Waals surface area contributed by atoms with E-state index in [0.717, 1.165) is 19.3 Å². The summed E-state index contributed by atoms with van der Waals surface area (Å²) >= 11 is 0. The molecule has 2 nitrogen and oxygen atoms in total. The van der Waals surface area contributed by atoms with Crippen molar-refractivity contribution < 1.29 is 9.90 Å². The Hall–Kier alpha value is -0.833. The maximum absolute atomic E-state index is 11.4. The first-order valence-electron chi connectivity index (χ1n) is 6.67. The molecule has 0 unspecified atom stereocenters. The first kappa shape index (κ1) is 17.2. The number of hydrogen-bond donors (Lipinski definition) is 1. The molecule has 0 saturated carbocycles. The van der Waals surface area contributed by atoms with E-state index in [-0.39, 0.29) is 5.04 Å². The van der Waals surface area contributed by atoms with Gasteiger partial charge in [0.2, 0.25) is 0 Å². The van der Waals surface area contributed by atoms with Crippen LogP contribution in [0.3, 0.4) is 0 Å². The molecule has 0 aromatic rings. The zero-order valence-corrected chi connectivity index (χ0v) is 13.7. The van der Waals surface area contributed by atoms with Crippen molar-refractivity contribution in [2.75, 3.05) is 0 Å². The fraction of sp³-hybridized carbons (Fsp3) is 0.667. The number of carbonyl (C=O) groups is 1. The second kappa shape index (κ2) is 6.93. The highest BCUT2D eigenvalue weighted by Gasteiger charge is 2.46. The Bertz CT molecular complexity index is 338. The van der Waals surface area contributed by atoms with Crippen LogP contribution in [0.5, 0.6) is 0 Å². The van der Waals surface area contributed by atoms with Crippen LogP contribution in [0.2, 0.25) is 18.1 Å². The summed E-state index contributed by atoms with van der Waals surface area (Å²) in [6, 6.07) is 0. The van der Waals surface area contributed by atoms with Crippen molar-refractivity contribution in [1.29, 1.82) is 0 Å². The lowest BCUT2D eigenvalue weighted by Gasteiger charge is -2.37. The van der Waals surface area contributed by atoms with Crippen molar-refractivity contribution in [2.45, 2.75) is 65.1 Å². The summed E-state index contributed by atoms with van der Waals surface area (Å²) < 4.78 is 0. The summed E-state index contributed by atoms with van der Waals surface area (Å²) in [4.78, 5) is 11.4. The number of carboxylic acid groups (broad SMARTS) is 1. The Morgan fingerprint density at radius 1 is 1.28 bits per heavy atom. The summed E-state index contributed by atoms with van der Waals surface area (Å²) in [6.07, 6.45) is 9.35. The van der Waals surface area contributed by atoms with E-state index in [4.69, 9.17) is 0 Å². The molecule has 0 rings (SSSR count).